The number of aryl methyl sites for hydroxylation is 2. The van der Waals surface area contributed by atoms with Gasteiger partial charge in [0.05, 0.1) is 21.6 Å². The number of nitrogens with one attached hydrogen (secondary N) is 2. The number of imidazole rings is 1. The summed E-state index contributed by atoms with van der Waals surface area (Å²) in [5.41, 5.74) is 16.4. The molecule has 2 aromatic heterocycles. The Hall–Kier alpha value is -7.50. The molecule has 6 aromatic rings. The summed E-state index contributed by atoms with van der Waals surface area (Å²) in [5.74, 6) is 0.369. The van der Waals surface area contributed by atoms with Crippen molar-refractivity contribution in [3.8, 4) is 5.88 Å². The summed E-state index contributed by atoms with van der Waals surface area (Å²) in [4.78, 5) is 41.3. The number of carbonyl (C=O) groups is 1. The molecule has 0 radical (unpaired) electrons. The van der Waals surface area contributed by atoms with E-state index in [9.17, 15) is 27.9 Å². The highest BCUT2D eigenvalue weighted by molar-refractivity contribution is 7.85. The Morgan fingerprint density at radius 2 is 1.65 bits per heavy atom. The number of carbonyl (C=O) groups excluding carboxylic acids is 1. The van der Waals surface area contributed by atoms with Crippen LogP contribution in [0.5, 0.6) is 5.88 Å². The second-order valence-electron chi connectivity index (χ2n) is 19.1. The number of fused-ring (bicyclic) bond motifs is 3. The van der Waals surface area contributed by atoms with Gasteiger partial charge in [0.2, 0.25) is 23.4 Å². The zero-order valence-electron chi connectivity index (χ0n) is 40.7. The van der Waals surface area contributed by atoms with Gasteiger partial charge in [-0.3, -0.25) is 19.5 Å². The standard InChI is InChI=1S/C54H59N9O7S/c1-36-17-27-44-42(31-36)53(2,3)46(62(44)30-12-13-37-22-24-40(25-23-37)63(65)66)14-8-6-9-15-47-54(4,5)43-32-41(71(67,68)69)26-28-45(43)61(47)29-11-7-10-16-48(64)56-33-38-18-20-39(21-19-38)34-70-51-49-50(58-35-57-49)59-52(55)60-51/h6,8-9,14-15,17-28,31-32,35H,7,10-13,16,29-30,33-34H2,1-5H3,(H4-,55,56,57,58,59,60,64,67,68,69)/p+1. The summed E-state index contributed by atoms with van der Waals surface area (Å²) in [7, 11) is -4.42. The normalized spacial score (nSPS) is 15.6. The van der Waals surface area contributed by atoms with E-state index in [4.69, 9.17) is 10.5 Å². The number of aromatic amines is 1. The quantitative estimate of drug-likeness (QED) is 0.0140. The van der Waals surface area contributed by atoms with Crippen LogP contribution in [-0.2, 0) is 45.3 Å². The third kappa shape index (κ3) is 11.3. The topological polar surface area (TPSA) is 223 Å². The average molecular weight is 979 g/mol. The highest BCUT2D eigenvalue weighted by Gasteiger charge is 2.45. The Kier molecular flexibility index (Phi) is 14.6. The maximum atomic E-state index is 12.9. The number of ether oxygens (including phenoxy) is 1. The van der Waals surface area contributed by atoms with Crippen molar-refractivity contribution in [3.63, 3.8) is 0 Å². The number of amides is 1. The number of benzene rings is 4. The number of anilines is 2. The van der Waals surface area contributed by atoms with Gasteiger partial charge in [-0.1, -0.05) is 86.2 Å². The number of allylic oxidation sites excluding steroid dienone is 6. The Balaban J connectivity index is 0.895. The van der Waals surface area contributed by atoms with E-state index in [0.717, 1.165) is 65.9 Å². The third-order valence-corrected chi connectivity index (χ3v) is 14.2. The van der Waals surface area contributed by atoms with Crippen LogP contribution in [0, 0.1) is 17.0 Å². The number of nitrogens with zero attached hydrogens (tertiary/aromatic N) is 6. The molecule has 71 heavy (non-hydrogen) atoms. The first-order valence-corrected chi connectivity index (χ1v) is 25.2. The zero-order chi connectivity index (χ0) is 50.5. The molecule has 0 bridgehead atoms. The molecule has 2 aliphatic rings. The minimum Gasteiger partial charge on any atom is -0.471 e. The van der Waals surface area contributed by atoms with Crippen molar-refractivity contribution in [3.05, 3.63) is 171 Å². The molecule has 16 nitrogen and oxygen atoms in total. The molecule has 0 fully saturated rings. The Morgan fingerprint density at radius 1 is 0.901 bits per heavy atom. The van der Waals surface area contributed by atoms with Gasteiger partial charge in [0, 0.05) is 72.6 Å². The van der Waals surface area contributed by atoms with Crippen molar-refractivity contribution < 1.29 is 32.0 Å². The van der Waals surface area contributed by atoms with E-state index in [1.54, 1.807) is 24.3 Å². The zero-order valence-corrected chi connectivity index (χ0v) is 41.5. The van der Waals surface area contributed by atoms with Gasteiger partial charge in [-0.05, 0) is 93.0 Å². The van der Waals surface area contributed by atoms with Gasteiger partial charge in [0.15, 0.2) is 11.4 Å². The summed E-state index contributed by atoms with van der Waals surface area (Å²) in [6.45, 7) is 12.8. The Labute approximate surface area is 414 Å². The van der Waals surface area contributed by atoms with Gasteiger partial charge < -0.3 is 25.7 Å². The van der Waals surface area contributed by atoms with Crippen LogP contribution in [0.4, 0.5) is 23.0 Å². The average Bonchev–Trinajstić information content (AvgIpc) is 3.95. The summed E-state index contributed by atoms with van der Waals surface area (Å²) in [6.07, 6.45) is 16.1. The number of aromatic nitrogens is 4. The predicted molar refractivity (Wildman–Crippen MR) is 276 cm³/mol. The lowest BCUT2D eigenvalue weighted by molar-refractivity contribution is -0.438. The number of non-ortho nitro benzene ring substituents is 1. The lowest BCUT2D eigenvalue weighted by Crippen LogP contribution is -2.28. The predicted octanol–water partition coefficient (Wildman–Crippen LogP) is 9.66. The lowest BCUT2D eigenvalue weighted by atomic mass is 9.81. The Morgan fingerprint density at radius 3 is 2.39 bits per heavy atom. The molecule has 0 atom stereocenters. The molecule has 0 aliphatic carbocycles. The van der Waals surface area contributed by atoms with Crippen LogP contribution in [0.1, 0.15) is 93.2 Å². The van der Waals surface area contributed by atoms with Crippen LogP contribution in [-0.4, -0.2) is 67.1 Å². The van der Waals surface area contributed by atoms with Gasteiger partial charge in [-0.15, -0.1) is 0 Å². The number of nitro benzene ring substituents is 1. The minimum absolute atomic E-state index is 0.0324. The fourth-order valence-electron chi connectivity index (χ4n) is 9.52. The summed E-state index contributed by atoms with van der Waals surface area (Å²) >= 11 is 0. The minimum atomic E-state index is -4.42. The van der Waals surface area contributed by atoms with E-state index in [0.29, 0.717) is 43.0 Å². The number of hydrogen-bond acceptors (Lipinski definition) is 11. The molecule has 4 heterocycles. The number of hydrogen-bond donors (Lipinski definition) is 4. The fourth-order valence-corrected chi connectivity index (χ4v) is 10.0. The van der Waals surface area contributed by atoms with Gasteiger partial charge >= 0.3 is 0 Å². The first-order valence-electron chi connectivity index (χ1n) is 23.8. The molecule has 1 amide bonds. The van der Waals surface area contributed by atoms with Crippen molar-refractivity contribution in [2.24, 2.45) is 0 Å². The number of H-pyrrole nitrogens is 1. The molecule has 8 rings (SSSR count). The number of unbranched alkanes of at least 4 members (excludes halogenated alkanes) is 2. The molecular formula is C54H60N9O7S+. The molecule has 0 unspecified atom stereocenters. The maximum absolute atomic E-state index is 12.9. The number of rotatable bonds is 20. The van der Waals surface area contributed by atoms with Crippen LogP contribution in [0.15, 0.2) is 132 Å². The van der Waals surface area contributed by atoms with Gasteiger partial charge in [-0.2, -0.15) is 23.0 Å². The number of nitro groups is 1. The first-order chi connectivity index (χ1) is 33.9. The van der Waals surface area contributed by atoms with Crippen molar-refractivity contribution in [2.75, 3.05) is 23.7 Å². The van der Waals surface area contributed by atoms with Crippen LogP contribution in [0.2, 0.25) is 0 Å². The molecule has 2 aliphatic heterocycles. The lowest BCUT2D eigenvalue weighted by Gasteiger charge is -2.27. The van der Waals surface area contributed by atoms with Crippen LogP contribution < -0.4 is 20.7 Å². The van der Waals surface area contributed by atoms with E-state index in [1.165, 1.54) is 34.9 Å². The van der Waals surface area contributed by atoms with Gasteiger partial charge in [-0.25, -0.2) is 4.98 Å². The van der Waals surface area contributed by atoms with E-state index in [-0.39, 0.29) is 39.4 Å². The summed E-state index contributed by atoms with van der Waals surface area (Å²) in [6, 6.07) is 25.9. The van der Waals surface area contributed by atoms with Crippen molar-refractivity contribution in [1.29, 1.82) is 0 Å². The maximum Gasteiger partial charge on any atom is 0.294 e. The van der Waals surface area contributed by atoms with E-state index in [2.05, 4.69) is 106 Å². The molecule has 368 valence electrons. The molecule has 5 N–H and O–H groups in total. The van der Waals surface area contributed by atoms with Crippen molar-refractivity contribution in [1.82, 2.24) is 25.3 Å². The third-order valence-electron chi connectivity index (χ3n) is 13.4. The van der Waals surface area contributed by atoms with E-state index in [1.807, 2.05) is 48.6 Å². The number of nitrogens with two attached hydrogens (primary N) is 1. The van der Waals surface area contributed by atoms with Gasteiger partial charge in [0.1, 0.15) is 18.7 Å². The second-order valence-corrected chi connectivity index (χ2v) is 20.5. The smallest absolute Gasteiger partial charge is 0.294 e. The molecular weight excluding hydrogens is 919 g/mol. The molecule has 4 aromatic carbocycles. The molecule has 0 spiro atoms. The highest BCUT2D eigenvalue weighted by atomic mass is 32.2. The molecule has 17 heteroatoms. The molecule has 0 saturated carbocycles. The first kappa shape index (κ1) is 49.9. The van der Waals surface area contributed by atoms with Crippen LogP contribution in [0.25, 0.3) is 11.2 Å². The van der Waals surface area contributed by atoms with E-state index < -0.39 is 15.5 Å². The monoisotopic (exact) mass is 978 g/mol. The Bertz CT molecular complexity index is 3210. The summed E-state index contributed by atoms with van der Waals surface area (Å²) in [5, 5.41) is 14.2. The number of nitrogen functional groups attached to an aromatic ring is 1. The van der Waals surface area contributed by atoms with E-state index >= 15 is 0 Å². The SMILES string of the molecule is Cc1ccc2c(c1)C(C)(C)C(=CC=CC=CC1=[N+](CCCCCC(=O)NCc3ccc(COc4nc(N)nc5nc[nH]c45)cc3)c3ccc(S(=O)(=O)O)cc3C1(C)C)N2CCCc1ccc([N+](=O)[O-])cc1. The van der Waals surface area contributed by atoms with Crippen molar-refractivity contribution >= 4 is 55.9 Å². The second kappa shape index (κ2) is 20.8. The summed E-state index contributed by atoms with van der Waals surface area (Å²) < 4.78 is 42.6. The van der Waals surface area contributed by atoms with Crippen LogP contribution in [0.3, 0.4) is 0 Å². The van der Waals surface area contributed by atoms with Crippen molar-refractivity contribution in [2.45, 2.75) is 102 Å². The van der Waals surface area contributed by atoms with Gasteiger partial charge in [0.25, 0.3) is 15.8 Å². The van der Waals surface area contributed by atoms with Crippen LogP contribution >= 0.6 is 0 Å². The molecule has 0 saturated heterocycles. The highest BCUT2D eigenvalue weighted by Crippen LogP contribution is 2.48. The fraction of sp³-hybridized carbons (Fsp3) is 0.315. The largest absolute Gasteiger partial charge is 0.471 e.